The summed E-state index contributed by atoms with van der Waals surface area (Å²) in [4.78, 5) is 19.8. The first-order valence-electron chi connectivity index (χ1n) is 10.3. The van der Waals surface area contributed by atoms with E-state index in [1.807, 2.05) is 41.1 Å². The Hall–Kier alpha value is -2.52. The van der Waals surface area contributed by atoms with E-state index in [0.717, 1.165) is 66.4 Å². The summed E-state index contributed by atoms with van der Waals surface area (Å²) < 4.78 is 21.2. The molecule has 0 unspecified atom stereocenters. The largest absolute Gasteiger partial charge is 0.378 e. The van der Waals surface area contributed by atoms with Gasteiger partial charge in [-0.15, -0.1) is 0 Å². The van der Waals surface area contributed by atoms with E-state index in [0.29, 0.717) is 10.1 Å². The zero-order valence-corrected chi connectivity index (χ0v) is 19.0. The molecule has 1 aliphatic carbocycles. The highest BCUT2D eigenvalue weighted by Gasteiger charge is 2.20. The standard InChI is InChI=1S/C24H21FIN3O2/c25-21-3-1-16(11-22(21)26)15-29-6-5-17(12-24(29)30)19-2-4-23-20(19)13-18(14-27-23)28-7-9-31-10-8-28/h1-3,5-6,11-14H,4,7-10,15H2. The summed E-state index contributed by atoms with van der Waals surface area (Å²) in [6.45, 7) is 3.58. The molecule has 0 bridgehead atoms. The van der Waals surface area contributed by atoms with Crippen molar-refractivity contribution in [1.82, 2.24) is 9.55 Å². The number of allylic oxidation sites excluding steroid dienone is 1. The lowest BCUT2D eigenvalue weighted by atomic mass is 10.0. The number of morpholine rings is 1. The normalized spacial score (nSPS) is 15.7. The Labute approximate surface area is 193 Å². The van der Waals surface area contributed by atoms with Crippen LogP contribution in [0.3, 0.4) is 0 Å². The van der Waals surface area contributed by atoms with Crippen molar-refractivity contribution < 1.29 is 9.13 Å². The maximum Gasteiger partial charge on any atom is 0.251 e. The number of anilines is 1. The van der Waals surface area contributed by atoms with Crippen molar-refractivity contribution in [2.75, 3.05) is 31.2 Å². The molecule has 5 nitrogen and oxygen atoms in total. The van der Waals surface area contributed by atoms with Gasteiger partial charge in [-0.3, -0.25) is 9.78 Å². The molecule has 0 atom stereocenters. The average molecular weight is 529 g/mol. The number of fused-ring (bicyclic) bond motifs is 1. The van der Waals surface area contributed by atoms with Crippen molar-refractivity contribution in [2.45, 2.75) is 13.0 Å². The van der Waals surface area contributed by atoms with E-state index in [9.17, 15) is 9.18 Å². The van der Waals surface area contributed by atoms with Crippen LogP contribution in [0, 0.1) is 9.39 Å². The van der Waals surface area contributed by atoms with Crippen molar-refractivity contribution >= 4 is 33.9 Å². The van der Waals surface area contributed by atoms with Crippen molar-refractivity contribution in [1.29, 1.82) is 0 Å². The maximum absolute atomic E-state index is 13.5. The number of hydrogen-bond acceptors (Lipinski definition) is 4. The Morgan fingerprint density at radius 1 is 1.13 bits per heavy atom. The second-order valence-electron chi connectivity index (χ2n) is 7.74. The number of aromatic nitrogens is 2. The first kappa shape index (κ1) is 20.4. The van der Waals surface area contributed by atoms with Gasteiger partial charge in [-0.1, -0.05) is 12.1 Å². The van der Waals surface area contributed by atoms with Gasteiger partial charge in [0.25, 0.3) is 5.56 Å². The fourth-order valence-electron chi connectivity index (χ4n) is 4.10. The summed E-state index contributed by atoms with van der Waals surface area (Å²) in [5.41, 5.74) is 5.99. The van der Waals surface area contributed by atoms with Gasteiger partial charge in [-0.2, -0.15) is 0 Å². The van der Waals surface area contributed by atoms with Crippen LogP contribution in [0.4, 0.5) is 10.1 Å². The smallest absolute Gasteiger partial charge is 0.251 e. The number of nitrogens with zero attached hydrogens (tertiary/aromatic N) is 3. The van der Waals surface area contributed by atoms with E-state index < -0.39 is 0 Å². The van der Waals surface area contributed by atoms with Crippen LogP contribution in [0.15, 0.2) is 59.7 Å². The summed E-state index contributed by atoms with van der Waals surface area (Å²) in [5, 5.41) is 0. The first-order chi connectivity index (χ1) is 15.1. The van der Waals surface area contributed by atoms with Crippen molar-refractivity contribution in [3.63, 3.8) is 0 Å². The summed E-state index contributed by atoms with van der Waals surface area (Å²) in [6, 6.07) is 10.8. The minimum absolute atomic E-state index is 0.0801. The van der Waals surface area contributed by atoms with Crippen LogP contribution in [0.1, 0.15) is 22.4 Å². The SMILES string of the molecule is O=c1cc(C2=CCc3ncc(N4CCOCC4)cc32)ccn1Cc1ccc(F)c(I)c1. The molecular weight excluding hydrogens is 508 g/mol. The van der Waals surface area contributed by atoms with Gasteiger partial charge in [0.1, 0.15) is 5.82 Å². The van der Waals surface area contributed by atoms with E-state index in [2.05, 4.69) is 22.0 Å². The number of hydrogen-bond donors (Lipinski definition) is 0. The van der Waals surface area contributed by atoms with Gasteiger partial charge in [0.05, 0.1) is 37.3 Å². The molecule has 2 aromatic heterocycles. The summed E-state index contributed by atoms with van der Waals surface area (Å²) in [7, 11) is 0. The molecule has 3 aromatic rings. The molecule has 0 N–H and O–H groups in total. The fourth-order valence-corrected chi connectivity index (χ4v) is 4.67. The summed E-state index contributed by atoms with van der Waals surface area (Å²) in [5.74, 6) is -0.246. The van der Waals surface area contributed by atoms with E-state index in [-0.39, 0.29) is 11.4 Å². The molecule has 7 heteroatoms. The van der Waals surface area contributed by atoms with Crippen LogP contribution >= 0.6 is 22.6 Å². The van der Waals surface area contributed by atoms with E-state index in [1.165, 1.54) is 6.07 Å². The minimum Gasteiger partial charge on any atom is -0.378 e. The number of benzene rings is 1. The molecule has 31 heavy (non-hydrogen) atoms. The molecule has 1 aliphatic heterocycles. The third-order valence-corrected chi connectivity index (χ3v) is 6.59. The Morgan fingerprint density at radius 3 is 2.74 bits per heavy atom. The third-order valence-electron chi connectivity index (χ3n) is 5.77. The van der Waals surface area contributed by atoms with Gasteiger partial charge in [0, 0.05) is 40.9 Å². The third kappa shape index (κ3) is 4.16. The average Bonchev–Trinajstić information content (AvgIpc) is 3.21. The molecule has 1 saturated heterocycles. The molecule has 5 rings (SSSR count). The Bertz CT molecular complexity index is 1230. The van der Waals surface area contributed by atoms with E-state index >= 15 is 0 Å². The summed E-state index contributed by atoms with van der Waals surface area (Å²) in [6.07, 6.45) is 6.66. The number of pyridine rings is 2. The molecule has 158 valence electrons. The predicted molar refractivity (Wildman–Crippen MR) is 127 cm³/mol. The van der Waals surface area contributed by atoms with Crippen LogP contribution in [0.2, 0.25) is 0 Å². The van der Waals surface area contributed by atoms with Crippen LogP contribution in [0.5, 0.6) is 0 Å². The first-order valence-corrected chi connectivity index (χ1v) is 11.3. The number of rotatable bonds is 4. The quantitative estimate of drug-likeness (QED) is 0.482. The van der Waals surface area contributed by atoms with Gasteiger partial charge >= 0.3 is 0 Å². The molecule has 0 amide bonds. The maximum atomic E-state index is 13.5. The minimum atomic E-state index is -0.246. The molecule has 0 spiro atoms. The predicted octanol–water partition coefficient (Wildman–Crippen LogP) is 3.86. The van der Waals surface area contributed by atoms with Gasteiger partial charge < -0.3 is 14.2 Å². The molecule has 0 radical (unpaired) electrons. The Kier molecular flexibility index (Phi) is 5.62. The van der Waals surface area contributed by atoms with Gasteiger partial charge in [-0.05, 0) is 63.6 Å². The molecular formula is C24H21FIN3O2. The highest BCUT2D eigenvalue weighted by atomic mass is 127. The second-order valence-corrected chi connectivity index (χ2v) is 8.90. The zero-order chi connectivity index (χ0) is 21.4. The van der Waals surface area contributed by atoms with Crippen LogP contribution < -0.4 is 10.5 Å². The molecule has 2 aliphatic rings. The van der Waals surface area contributed by atoms with E-state index in [4.69, 9.17) is 4.74 Å². The van der Waals surface area contributed by atoms with Crippen molar-refractivity contribution in [3.8, 4) is 0 Å². The van der Waals surface area contributed by atoms with Crippen molar-refractivity contribution in [3.05, 3.63) is 97.0 Å². The second kappa shape index (κ2) is 8.55. The number of ether oxygens (including phenoxy) is 1. The van der Waals surface area contributed by atoms with Gasteiger partial charge in [0.15, 0.2) is 0 Å². The fraction of sp³-hybridized carbons (Fsp3) is 0.250. The van der Waals surface area contributed by atoms with Gasteiger partial charge in [-0.25, -0.2) is 4.39 Å². The highest BCUT2D eigenvalue weighted by Crippen LogP contribution is 2.33. The lowest BCUT2D eigenvalue weighted by Crippen LogP contribution is -2.36. The Morgan fingerprint density at radius 2 is 1.97 bits per heavy atom. The lowest BCUT2D eigenvalue weighted by Gasteiger charge is -2.29. The Balaban J connectivity index is 1.41. The molecule has 3 heterocycles. The zero-order valence-electron chi connectivity index (χ0n) is 16.9. The molecule has 0 saturated carbocycles. The summed E-state index contributed by atoms with van der Waals surface area (Å²) >= 11 is 1.96. The molecule has 1 fully saturated rings. The monoisotopic (exact) mass is 529 g/mol. The molecule has 1 aromatic carbocycles. The van der Waals surface area contributed by atoms with Crippen LogP contribution in [0.25, 0.3) is 5.57 Å². The topological polar surface area (TPSA) is 47.4 Å². The van der Waals surface area contributed by atoms with Crippen LogP contribution in [-0.4, -0.2) is 35.9 Å². The van der Waals surface area contributed by atoms with Crippen molar-refractivity contribution in [2.24, 2.45) is 0 Å². The van der Waals surface area contributed by atoms with Gasteiger partial charge in [0.2, 0.25) is 0 Å². The highest BCUT2D eigenvalue weighted by molar-refractivity contribution is 14.1. The number of halogens is 2. The van der Waals surface area contributed by atoms with E-state index in [1.54, 1.807) is 22.8 Å². The van der Waals surface area contributed by atoms with Crippen LogP contribution in [-0.2, 0) is 17.7 Å². The lowest BCUT2D eigenvalue weighted by molar-refractivity contribution is 0.122.